The number of nitrogens with zero attached hydrogens (tertiary/aromatic N) is 1. The van der Waals surface area contributed by atoms with Crippen molar-refractivity contribution in [1.29, 1.82) is 0 Å². The van der Waals surface area contributed by atoms with Crippen LogP contribution in [0.5, 0.6) is 0 Å². The molecule has 0 bridgehead atoms. The highest BCUT2D eigenvalue weighted by molar-refractivity contribution is 4.80. The first-order valence-corrected chi connectivity index (χ1v) is 5.87. The number of rotatable bonds is 3. The smallest absolute Gasteiger partial charge is 0.00998 e. The molecule has 2 atom stereocenters. The lowest BCUT2D eigenvalue weighted by atomic mass is 9.85. The molecule has 1 saturated heterocycles. The molecule has 0 aliphatic carbocycles. The Hall–Kier alpha value is -0.0800. The number of hydrogen-bond donors (Lipinski definition) is 1. The second-order valence-electron chi connectivity index (χ2n) is 5.96. The summed E-state index contributed by atoms with van der Waals surface area (Å²) in [7, 11) is 0. The molecule has 1 fully saturated rings. The van der Waals surface area contributed by atoms with Crippen LogP contribution in [-0.2, 0) is 0 Å². The van der Waals surface area contributed by atoms with Crippen LogP contribution >= 0.6 is 0 Å². The normalized spacial score (nSPS) is 26.8. The van der Waals surface area contributed by atoms with Gasteiger partial charge in [-0.3, -0.25) is 0 Å². The molecule has 0 saturated carbocycles. The fraction of sp³-hybridized carbons (Fsp3) is 1.00. The number of likely N-dealkylation sites (tertiary alicyclic amines) is 1. The summed E-state index contributed by atoms with van der Waals surface area (Å²) in [5, 5.41) is 0. The molecule has 0 amide bonds. The predicted molar refractivity (Wildman–Crippen MR) is 62.3 cm³/mol. The van der Waals surface area contributed by atoms with Gasteiger partial charge in [-0.15, -0.1) is 0 Å². The molecule has 0 aromatic rings. The van der Waals surface area contributed by atoms with E-state index in [1.54, 1.807) is 0 Å². The minimum Gasteiger partial charge on any atom is -0.327 e. The first kappa shape index (κ1) is 12.0. The largest absolute Gasteiger partial charge is 0.327 e. The van der Waals surface area contributed by atoms with Crippen molar-refractivity contribution in [1.82, 2.24) is 4.90 Å². The second-order valence-corrected chi connectivity index (χ2v) is 5.96. The Balaban J connectivity index is 2.21. The maximum Gasteiger partial charge on any atom is 0.00998 e. The van der Waals surface area contributed by atoms with Crippen LogP contribution in [0.1, 0.15) is 40.5 Å². The second kappa shape index (κ2) is 4.63. The third-order valence-electron chi connectivity index (χ3n) is 3.38. The van der Waals surface area contributed by atoms with E-state index in [-0.39, 0.29) is 5.41 Å². The molecule has 84 valence electrons. The molecule has 2 heteroatoms. The van der Waals surface area contributed by atoms with E-state index in [9.17, 15) is 0 Å². The zero-order valence-corrected chi connectivity index (χ0v) is 10.2. The van der Waals surface area contributed by atoms with E-state index in [4.69, 9.17) is 5.73 Å². The van der Waals surface area contributed by atoms with Gasteiger partial charge in [0, 0.05) is 12.6 Å². The Bertz CT molecular complexity index is 172. The minimum absolute atomic E-state index is 0.255. The molecule has 0 spiro atoms. The Labute approximate surface area is 88.8 Å². The van der Waals surface area contributed by atoms with Crippen LogP contribution in [0.4, 0.5) is 0 Å². The van der Waals surface area contributed by atoms with Crippen molar-refractivity contribution in [3.8, 4) is 0 Å². The molecule has 0 radical (unpaired) electrons. The van der Waals surface area contributed by atoms with Crippen molar-refractivity contribution >= 4 is 0 Å². The lowest BCUT2D eigenvalue weighted by Gasteiger charge is -2.28. The molecule has 2 unspecified atom stereocenters. The van der Waals surface area contributed by atoms with Crippen molar-refractivity contribution in [3.63, 3.8) is 0 Å². The highest BCUT2D eigenvalue weighted by atomic mass is 15.1. The van der Waals surface area contributed by atoms with Gasteiger partial charge in [-0.25, -0.2) is 0 Å². The molecule has 1 aliphatic rings. The summed E-state index contributed by atoms with van der Waals surface area (Å²) < 4.78 is 0. The van der Waals surface area contributed by atoms with Crippen molar-refractivity contribution in [2.45, 2.75) is 46.6 Å². The fourth-order valence-electron chi connectivity index (χ4n) is 1.98. The first-order chi connectivity index (χ1) is 6.39. The van der Waals surface area contributed by atoms with E-state index in [0.717, 1.165) is 12.3 Å². The highest BCUT2D eigenvalue weighted by Crippen LogP contribution is 2.21. The molecule has 1 heterocycles. The quantitative estimate of drug-likeness (QED) is 0.752. The van der Waals surface area contributed by atoms with Gasteiger partial charge in [0.25, 0.3) is 0 Å². The molecule has 1 aliphatic heterocycles. The van der Waals surface area contributed by atoms with Crippen LogP contribution in [0.25, 0.3) is 0 Å². The topological polar surface area (TPSA) is 29.3 Å². The molecule has 0 aromatic heterocycles. The fourth-order valence-corrected chi connectivity index (χ4v) is 1.98. The van der Waals surface area contributed by atoms with Crippen LogP contribution < -0.4 is 5.73 Å². The maximum atomic E-state index is 6.14. The summed E-state index contributed by atoms with van der Waals surface area (Å²) >= 11 is 0. The zero-order valence-electron chi connectivity index (χ0n) is 10.2. The van der Waals surface area contributed by atoms with E-state index >= 15 is 0 Å². The summed E-state index contributed by atoms with van der Waals surface area (Å²) in [5.41, 5.74) is 6.39. The minimum atomic E-state index is 0.255. The Kier molecular flexibility index (Phi) is 3.96. The van der Waals surface area contributed by atoms with Crippen molar-refractivity contribution < 1.29 is 0 Å². The molecule has 1 rings (SSSR count). The lowest BCUT2D eigenvalue weighted by molar-refractivity contribution is 0.252. The zero-order chi connectivity index (χ0) is 10.8. The predicted octanol–water partition coefficient (Wildman–Crippen LogP) is 2.09. The highest BCUT2D eigenvalue weighted by Gasteiger charge is 2.23. The van der Waals surface area contributed by atoms with Gasteiger partial charge in [0.1, 0.15) is 0 Å². The summed E-state index contributed by atoms with van der Waals surface area (Å²) in [6.07, 6.45) is 2.50. The molecular weight excluding hydrogens is 172 g/mol. The molecule has 2 N–H and O–H groups in total. The van der Waals surface area contributed by atoms with E-state index in [1.165, 1.54) is 26.1 Å². The molecular formula is C12H26N2. The summed E-state index contributed by atoms with van der Waals surface area (Å²) in [5.74, 6) is 0.890. The monoisotopic (exact) mass is 198 g/mol. The van der Waals surface area contributed by atoms with E-state index in [1.807, 2.05) is 0 Å². The van der Waals surface area contributed by atoms with Crippen LogP contribution in [0.3, 0.4) is 0 Å². The number of nitrogens with two attached hydrogens (primary N) is 1. The van der Waals surface area contributed by atoms with Gasteiger partial charge in [0.2, 0.25) is 0 Å². The third-order valence-corrected chi connectivity index (χ3v) is 3.38. The molecule has 2 nitrogen and oxygen atoms in total. The van der Waals surface area contributed by atoms with Gasteiger partial charge in [-0.1, -0.05) is 27.7 Å². The van der Waals surface area contributed by atoms with Crippen LogP contribution in [0.15, 0.2) is 0 Å². The standard InChI is InChI=1S/C12H26N2/c1-10-5-7-14(9-10)8-6-11(13)12(2,3)4/h10-11H,5-9,13H2,1-4H3. The number of hydrogen-bond acceptors (Lipinski definition) is 2. The Morgan fingerprint density at radius 2 is 2.07 bits per heavy atom. The summed E-state index contributed by atoms with van der Waals surface area (Å²) in [4.78, 5) is 2.55. The van der Waals surface area contributed by atoms with Gasteiger partial charge in [0.05, 0.1) is 0 Å². The van der Waals surface area contributed by atoms with Gasteiger partial charge in [0.15, 0.2) is 0 Å². The van der Waals surface area contributed by atoms with Crippen LogP contribution in [-0.4, -0.2) is 30.6 Å². The van der Waals surface area contributed by atoms with Gasteiger partial charge >= 0.3 is 0 Å². The summed E-state index contributed by atoms with van der Waals surface area (Å²) in [6, 6.07) is 0.332. The van der Waals surface area contributed by atoms with Gasteiger partial charge in [-0.2, -0.15) is 0 Å². The van der Waals surface area contributed by atoms with Crippen molar-refractivity contribution in [3.05, 3.63) is 0 Å². The van der Waals surface area contributed by atoms with Crippen molar-refractivity contribution in [2.75, 3.05) is 19.6 Å². The SMILES string of the molecule is CC1CCN(CCC(N)C(C)(C)C)C1. The lowest BCUT2D eigenvalue weighted by Crippen LogP contribution is -2.38. The maximum absolute atomic E-state index is 6.14. The van der Waals surface area contributed by atoms with Crippen molar-refractivity contribution in [2.24, 2.45) is 17.1 Å². The Morgan fingerprint density at radius 3 is 2.50 bits per heavy atom. The van der Waals surface area contributed by atoms with E-state index in [2.05, 4.69) is 32.6 Å². The molecule has 0 aromatic carbocycles. The third kappa shape index (κ3) is 3.58. The average Bonchev–Trinajstić information content (AvgIpc) is 2.45. The van der Waals surface area contributed by atoms with Gasteiger partial charge < -0.3 is 10.6 Å². The van der Waals surface area contributed by atoms with E-state index < -0.39 is 0 Å². The molecule has 14 heavy (non-hydrogen) atoms. The van der Waals surface area contributed by atoms with Crippen LogP contribution in [0.2, 0.25) is 0 Å². The Morgan fingerprint density at radius 1 is 1.43 bits per heavy atom. The first-order valence-electron chi connectivity index (χ1n) is 5.87. The van der Waals surface area contributed by atoms with E-state index in [0.29, 0.717) is 6.04 Å². The van der Waals surface area contributed by atoms with Gasteiger partial charge in [-0.05, 0) is 37.3 Å². The van der Waals surface area contributed by atoms with Crippen LogP contribution in [0, 0.1) is 11.3 Å². The summed E-state index contributed by atoms with van der Waals surface area (Å²) in [6.45, 7) is 12.8. The average molecular weight is 198 g/mol.